The van der Waals surface area contributed by atoms with E-state index in [1.54, 1.807) is 34.8 Å². The first-order valence-electron chi connectivity index (χ1n) is 12.5. The first-order valence-corrected chi connectivity index (χ1v) is 13.9. The number of hydrogen-bond acceptors (Lipinski definition) is 9. The first-order chi connectivity index (χ1) is 18.0. The fourth-order valence-corrected chi connectivity index (χ4v) is 6.38. The third-order valence-electron chi connectivity index (χ3n) is 6.87. The summed E-state index contributed by atoms with van der Waals surface area (Å²) in [6.45, 7) is 8.60. The van der Waals surface area contributed by atoms with Crippen LogP contribution in [0.5, 0.6) is 5.75 Å². The molecule has 2 aliphatic heterocycles. The van der Waals surface area contributed by atoms with Gasteiger partial charge in [0, 0.05) is 51.0 Å². The Morgan fingerprint density at radius 1 is 1.19 bits per heavy atom. The van der Waals surface area contributed by atoms with Crippen LogP contribution in [-0.2, 0) is 14.8 Å². The summed E-state index contributed by atoms with van der Waals surface area (Å²) in [5.74, 6) is 1.40. The van der Waals surface area contributed by atoms with E-state index >= 15 is 0 Å². The predicted molar refractivity (Wildman–Crippen MR) is 143 cm³/mol. The standard InChI is InChI=1S/C25H33N7O4S/c1-3-9-26-23-20-6-10-27-24(20)30-25(29-23)28-21-5-4-19(17-22(21)35-2)37(33,34)32-11-7-18(8-12-32)31-13-15-36-16-14-31/h3-6,10,17-18H,1,7-9,11-16H2,2H3,(H3,26,27,28,29,30). The Hall–Kier alpha value is -3.19. The molecule has 1 aromatic carbocycles. The zero-order chi connectivity index (χ0) is 25.8. The lowest BCUT2D eigenvalue weighted by atomic mass is 10.0. The van der Waals surface area contributed by atoms with Gasteiger partial charge in [0.05, 0.1) is 36.3 Å². The van der Waals surface area contributed by atoms with Crippen molar-refractivity contribution in [1.29, 1.82) is 0 Å². The van der Waals surface area contributed by atoms with E-state index < -0.39 is 10.0 Å². The third-order valence-corrected chi connectivity index (χ3v) is 8.77. The van der Waals surface area contributed by atoms with Gasteiger partial charge in [0.15, 0.2) is 0 Å². The number of rotatable bonds is 9. The molecule has 198 valence electrons. The lowest BCUT2D eigenvalue weighted by molar-refractivity contribution is 0.00610. The number of hydrogen-bond donors (Lipinski definition) is 3. The molecule has 12 heteroatoms. The van der Waals surface area contributed by atoms with Gasteiger partial charge >= 0.3 is 0 Å². The molecule has 11 nitrogen and oxygen atoms in total. The minimum absolute atomic E-state index is 0.203. The molecule has 2 aliphatic rings. The average molecular weight is 528 g/mol. The fraction of sp³-hybridized carbons (Fsp3) is 0.440. The van der Waals surface area contributed by atoms with Crippen molar-refractivity contribution >= 4 is 38.5 Å². The molecule has 0 atom stereocenters. The van der Waals surface area contributed by atoms with Gasteiger partial charge in [0.25, 0.3) is 0 Å². The highest BCUT2D eigenvalue weighted by Gasteiger charge is 2.32. The normalized spacial score (nSPS) is 18.1. The summed E-state index contributed by atoms with van der Waals surface area (Å²) in [5.41, 5.74) is 1.23. The molecule has 0 aliphatic carbocycles. The molecule has 5 rings (SSSR count). The van der Waals surface area contributed by atoms with Crippen molar-refractivity contribution in [3.8, 4) is 5.75 Å². The molecule has 3 aromatic rings. The summed E-state index contributed by atoms with van der Waals surface area (Å²) >= 11 is 0. The number of piperidine rings is 1. The van der Waals surface area contributed by atoms with Crippen LogP contribution in [0.3, 0.4) is 0 Å². The number of ether oxygens (including phenoxy) is 2. The van der Waals surface area contributed by atoms with E-state index in [4.69, 9.17) is 9.47 Å². The van der Waals surface area contributed by atoms with Crippen molar-refractivity contribution in [3.05, 3.63) is 43.1 Å². The molecule has 0 bridgehead atoms. The highest BCUT2D eigenvalue weighted by molar-refractivity contribution is 7.89. The molecule has 2 saturated heterocycles. The first kappa shape index (κ1) is 25.5. The fourth-order valence-electron chi connectivity index (χ4n) is 4.90. The number of H-pyrrole nitrogens is 1. The predicted octanol–water partition coefficient (Wildman–Crippen LogP) is 2.79. The Balaban J connectivity index is 1.32. The topological polar surface area (TPSA) is 125 Å². The number of benzene rings is 1. The van der Waals surface area contributed by atoms with Crippen molar-refractivity contribution < 1.29 is 17.9 Å². The Morgan fingerprint density at radius 2 is 1.97 bits per heavy atom. The number of nitrogens with one attached hydrogen (secondary N) is 3. The quantitative estimate of drug-likeness (QED) is 0.360. The molecule has 0 unspecified atom stereocenters. The molecule has 37 heavy (non-hydrogen) atoms. The van der Waals surface area contributed by atoms with E-state index in [-0.39, 0.29) is 4.90 Å². The smallest absolute Gasteiger partial charge is 0.243 e. The van der Waals surface area contributed by atoms with Gasteiger partial charge in [-0.1, -0.05) is 6.08 Å². The molecule has 0 radical (unpaired) electrons. The lowest BCUT2D eigenvalue weighted by Crippen LogP contribution is -2.50. The van der Waals surface area contributed by atoms with Crippen LogP contribution >= 0.6 is 0 Å². The largest absolute Gasteiger partial charge is 0.495 e. The highest BCUT2D eigenvalue weighted by Crippen LogP contribution is 2.33. The highest BCUT2D eigenvalue weighted by atomic mass is 32.2. The number of methoxy groups -OCH3 is 1. The van der Waals surface area contributed by atoms with Crippen LogP contribution in [0, 0.1) is 0 Å². The minimum atomic E-state index is -3.65. The Kier molecular flexibility index (Phi) is 7.60. The van der Waals surface area contributed by atoms with Gasteiger partial charge in [-0.3, -0.25) is 4.90 Å². The van der Waals surface area contributed by atoms with E-state index in [0.717, 1.165) is 44.5 Å². The SMILES string of the molecule is C=CCNc1nc(Nc2ccc(S(=O)(=O)N3CCC(N4CCOCC4)CC3)cc2OC)nc2[nH]ccc12. The summed E-state index contributed by atoms with van der Waals surface area (Å²) in [4.78, 5) is 14.8. The van der Waals surface area contributed by atoms with Gasteiger partial charge in [0.2, 0.25) is 16.0 Å². The van der Waals surface area contributed by atoms with Crippen LogP contribution in [0.25, 0.3) is 11.0 Å². The van der Waals surface area contributed by atoms with Crippen molar-refractivity contribution in [2.75, 3.05) is 63.7 Å². The van der Waals surface area contributed by atoms with Gasteiger partial charge in [-0.25, -0.2) is 8.42 Å². The van der Waals surface area contributed by atoms with Gasteiger partial charge in [-0.15, -0.1) is 6.58 Å². The number of nitrogens with zero attached hydrogens (tertiary/aromatic N) is 4. The lowest BCUT2D eigenvalue weighted by Gasteiger charge is -2.39. The number of sulfonamides is 1. The Morgan fingerprint density at radius 3 is 2.70 bits per heavy atom. The maximum absolute atomic E-state index is 13.4. The molecule has 2 aromatic heterocycles. The Labute approximate surface area is 216 Å². The van der Waals surface area contributed by atoms with Crippen LogP contribution in [-0.4, -0.2) is 91.7 Å². The van der Waals surface area contributed by atoms with Gasteiger partial charge in [-0.05, 0) is 31.0 Å². The van der Waals surface area contributed by atoms with Crippen LogP contribution in [0.1, 0.15) is 12.8 Å². The van der Waals surface area contributed by atoms with E-state index in [2.05, 4.69) is 37.1 Å². The van der Waals surface area contributed by atoms with Crippen LogP contribution in [0.15, 0.2) is 48.0 Å². The van der Waals surface area contributed by atoms with Crippen LogP contribution in [0.4, 0.5) is 17.5 Å². The second-order valence-electron chi connectivity index (χ2n) is 9.08. The monoisotopic (exact) mass is 527 g/mol. The van der Waals surface area contributed by atoms with Gasteiger partial charge < -0.3 is 25.1 Å². The van der Waals surface area contributed by atoms with E-state index in [9.17, 15) is 8.42 Å². The number of fused-ring (bicyclic) bond motifs is 1. The van der Waals surface area contributed by atoms with E-state index in [1.807, 2.05) is 6.07 Å². The van der Waals surface area contributed by atoms with Gasteiger partial charge in [-0.2, -0.15) is 14.3 Å². The van der Waals surface area contributed by atoms with Gasteiger partial charge in [0.1, 0.15) is 17.2 Å². The summed E-state index contributed by atoms with van der Waals surface area (Å²) < 4.78 is 39.5. The number of morpholine rings is 1. The van der Waals surface area contributed by atoms with Crippen molar-refractivity contribution in [3.63, 3.8) is 0 Å². The maximum Gasteiger partial charge on any atom is 0.243 e. The van der Waals surface area contributed by atoms with Crippen molar-refractivity contribution in [1.82, 2.24) is 24.2 Å². The second-order valence-corrected chi connectivity index (χ2v) is 11.0. The number of aromatic amines is 1. The molecule has 3 N–H and O–H groups in total. The Bertz CT molecular complexity index is 1350. The average Bonchev–Trinajstić information content (AvgIpc) is 3.41. The molecule has 0 amide bonds. The third kappa shape index (κ3) is 5.42. The summed E-state index contributed by atoms with van der Waals surface area (Å²) in [6.07, 6.45) is 5.18. The maximum atomic E-state index is 13.4. The van der Waals surface area contributed by atoms with E-state index in [1.165, 1.54) is 7.11 Å². The van der Waals surface area contributed by atoms with Crippen molar-refractivity contribution in [2.45, 2.75) is 23.8 Å². The summed E-state index contributed by atoms with van der Waals surface area (Å²) in [6, 6.07) is 7.13. The molecule has 2 fully saturated rings. The minimum Gasteiger partial charge on any atom is -0.495 e. The zero-order valence-electron chi connectivity index (χ0n) is 20.9. The molecular weight excluding hydrogens is 494 g/mol. The van der Waals surface area contributed by atoms with Crippen molar-refractivity contribution in [2.24, 2.45) is 0 Å². The zero-order valence-corrected chi connectivity index (χ0v) is 21.8. The second kappa shape index (κ2) is 11.1. The molecule has 0 spiro atoms. The van der Waals surface area contributed by atoms with E-state index in [0.29, 0.717) is 54.5 Å². The summed E-state index contributed by atoms with van der Waals surface area (Å²) in [5, 5.41) is 7.24. The number of aromatic nitrogens is 3. The molecule has 0 saturated carbocycles. The summed E-state index contributed by atoms with van der Waals surface area (Å²) in [7, 11) is -2.14. The van der Waals surface area contributed by atoms with Crippen LogP contribution in [0.2, 0.25) is 0 Å². The molecular formula is C25H33N7O4S. The number of anilines is 3. The van der Waals surface area contributed by atoms with Crippen LogP contribution < -0.4 is 15.4 Å². The molecule has 4 heterocycles.